The molecular weight excluding hydrogens is 384 g/mol. The highest BCUT2D eigenvalue weighted by Crippen LogP contribution is 2.36. The first-order valence-corrected chi connectivity index (χ1v) is 8.85. The Morgan fingerprint density at radius 3 is 2.25 bits per heavy atom. The van der Waals surface area contributed by atoms with Crippen LogP contribution in [0.1, 0.15) is 0 Å². The Labute approximate surface area is 161 Å². The summed E-state index contributed by atoms with van der Waals surface area (Å²) < 4.78 is 5.16. The van der Waals surface area contributed by atoms with Crippen molar-refractivity contribution in [1.82, 2.24) is 9.97 Å². The van der Waals surface area contributed by atoms with Gasteiger partial charge in [-0.05, 0) is 42.0 Å². The van der Waals surface area contributed by atoms with Crippen LogP contribution in [0.2, 0.25) is 0 Å². The maximum atomic E-state index is 11.1. The summed E-state index contributed by atoms with van der Waals surface area (Å²) in [6.07, 6.45) is 0. The van der Waals surface area contributed by atoms with Crippen LogP contribution in [-0.2, 0) is 0 Å². The quantitative estimate of drug-likeness (QED) is 0.382. The molecule has 2 heterocycles. The fourth-order valence-electron chi connectivity index (χ4n) is 2.82. The first kappa shape index (κ1) is 17.6. The lowest BCUT2D eigenvalue weighted by molar-refractivity contribution is -0.422. The number of hydrogen-bond donors (Lipinski definition) is 1. The molecule has 2 aromatic heterocycles. The minimum atomic E-state index is -0.779. The molecule has 0 radical (unpaired) electrons. The highest BCUT2D eigenvalue weighted by molar-refractivity contribution is 7.18. The summed E-state index contributed by atoms with van der Waals surface area (Å²) in [6, 6.07) is 13.7. The molecule has 1 N–H and O–H groups in total. The molecule has 10 heteroatoms. The number of hydrogen-bond acceptors (Lipinski definition) is 7. The monoisotopic (exact) mass is 396 g/mol. The minimum absolute atomic E-state index is 0.298. The number of thiophene rings is 1. The molecule has 0 aliphatic rings. The lowest BCUT2D eigenvalue weighted by atomic mass is 10.2. The Morgan fingerprint density at radius 1 is 0.964 bits per heavy atom. The Hall–Kier alpha value is -3.79. The number of benzene rings is 2. The van der Waals surface area contributed by atoms with Crippen LogP contribution in [-0.4, -0.2) is 26.9 Å². The van der Waals surface area contributed by atoms with Crippen LogP contribution in [0.5, 0.6) is 5.75 Å². The van der Waals surface area contributed by atoms with E-state index >= 15 is 0 Å². The van der Waals surface area contributed by atoms with E-state index in [0.717, 1.165) is 33.2 Å². The molecule has 0 aliphatic carbocycles. The van der Waals surface area contributed by atoms with E-state index in [2.05, 4.69) is 9.97 Å². The van der Waals surface area contributed by atoms with Crippen LogP contribution in [0, 0.1) is 20.2 Å². The first-order valence-electron chi connectivity index (χ1n) is 8.03. The summed E-state index contributed by atoms with van der Waals surface area (Å²) in [5.41, 5.74) is 0.524. The van der Waals surface area contributed by atoms with Crippen LogP contribution in [0.15, 0.2) is 48.5 Å². The van der Waals surface area contributed by atoms with Gasteiger partial charge in [0.25, 0.3) is 0 Å². The van der Waals surface area contributed by atoms with E-state index in [4.69, 9.17) is 4.74 Å². The zero-order chi connectivity index (χ0) is 19.8. The minimum Gasteiger partial charge on any atom is -0.497 e. The van der Waals surface area contributed by atoms with Crippen molar-refractivity contribution in [3.8, 4) is 26.9 Å². The van der Waals surface area contributed by atoms with E-state index < -0.39 is 21.2 Å². The molecule has 28 heavy (non-hydrogen) atoms. The molecular formula is C18H12N4O5S. The van der Waals surface area contributed by atoms with Gasteiger partial charge < -0.3 is 9.72 Å². The third-order valence-electron chi connectivity index (χ3n) is 4.19. The zero-order valence-electron chi connectivity index (χ0n) is 14.4. The summed E-state index contributed by atoms with van der Waals surface area (Å²) in [7, 11) is 1.61. The summed E-state index contributed by atoms with van der Waals surface area (Å²) in [4.78, 5) is 29.9. The second-order valence-electron chi connectivity index (χ2n) is 5.85. The fraction of sp³-hybridized carbons (Fsp3) is 0.0556. The summed E-state index contributed by atoms with van der Waals surface area (Å²) in [6.45, 7) is 0. The number of nitro benzene ring substituents is 2. The van der Waals surface area contributed by atoms with Crippen molar-refractivity contribution < 1.29 is 14.6 Å². The van der Waals surface area contributed by atoms with Crippen molar-refractivity contribution in [1.29, 1.82) is 0 Å². The molecule has 0 fully saturated rings. The molecule has 0 aliphatic heterocycles. The predicted molar refractivity (Wildman–Crippen MR) is 105 cm³/mol. The fourth-order valence-corrected chi connectivity index (χ4v) is 3.78. The maximum Gasteiger partial charge on any atom is 0.348 e. The summed E-state index contributed by atoms with van der Waals surface area (Å²) >= 11 is 1.49. The Balaban J connectivity index is 1.74. The lowest BCUT2D eigenvalue weighted by Gasteiger charge is -2.00. The molecule has 0 unspecified atom stereocenters. The van der Waals surface area contributed by atoms with Crippen LogP contribution in [0.25, 0.3) is 32.2 Å². The van der Waals surface area contributed by atoms with Gasteiger partial charge >= 0.3 is 11.4 Å². The third kappa shape index (κ3) is 3.05. The van der Waals surface area contributed by atoms with Gasteiger partial charge in [0.2, 0.25) is 0 Å². The molecule has 0 saturated heterocycles. The highest BCUT2D eigenvalue weighted by atomic mass is 32.1. The van der Waals surface area contributed by atoms with Crippen LogP contribution in [0.4, 0.5) is 11.4 Å². The molecule has 2 aromatic carbocycles. The Kier molecular flexibility index (Phi) is 4.24. The van der Waals surface area contributed by atoms with Crippen LogP contribution in [0.3, 0.4) is 0 Å². The summed E-state index contributed by atoms with van der Waals surface area (Å²) in [5, 5.41) is 22.2. The number of imidazole rings is 1. The number of ether oxygens (including phenoxy) is 1. The summed E-state index contributed by atoms with van der Waals surface area (Å²) in [5.74, 6) is 1.26. The number of nitro groups is 2. The molecule has 0 saturated carbocycles. The molecule has 140 valence electrons. The van der Waals surface area contributed by atoms with Gasteiger partial charge in [0, 0.05) is 10.9 Å². The average Bonchev–Trinajstić information content (AvgIpc) is 3.33. The van der Waals surface area contributed by atoms with Gasteiger partial charge in [-0.15, -0.1) is 11.3 Å². The molecule has 0 bridgehead atoms. The second-order valence-corrected chi connectivity index (χ2v) is 6.93. The molecule has 9 nitrogen and oxygen atoms in total. The van der Waals surface area contributed by atoms with Crippen molar-refractivity contribution in [2.45, 2.75) is 0 Å². The third-order valence-corrected chi connectivity index (χ3v) is 5.33. The number of aromatic nitrogens is 2. The van der Waals surface area contributed by atoms with Crippen molar-refractivity contribution in [3.05, 3.63) is 68.8 Å². The van der Waals surface area contributed by atoms with Crippen molar-refractivity contribution in [3.63, 3.8) is 0 Å². The normalized spacial score (nSPS) is 10.9. The van der Waals surface area contributed by atoms with E-state index in [1.54, 1.807) is 7.11 Å². The molecule has 0 atom stereocenters. The predicted octanol–water partition coefficient (Wildman–Crippen LogP) is 4.78. The van der Waals surface area contributed by atoms with Crippen LogP contribution >= 0.6 is 11.3 Å². The average molecular weight is 396 g/mol. The van der Waals surface area contributed by atoms with Crippen LogP contribution < -0.4 is 4.74 Å². The molecule has 0 spiro atoms. The Bertz CT molecular complexity index is 1160. The lowest BCUT2D eigenvalue weighted by Crippen LogP contribution is -1.96. The van der Waals surface area contributed by atoms with E-state index in [0.29, 0.717) is 16.9 Å². The zero-order valence-corrected chi connectivity index (χ0v) is 15.2. The number of nitrogens with one attached hydrogen (secondary N) is 1. The van der Waals surface area contributed by atoms with Gasteiger partial charge in [-0.1, -0.05) is 0 Å². The molecule has 4 rings (SSSR count). The van der Waals surface area contributed by atoms with E-state index in [9.17, 15) is 20.2 Å². The number of aromatic amines is 1. The van der Waals surface area contributed by atoms with Gasteiger partial charge in [-0.3, -0.25) is 20.2 Å². The van der Waals surface area contributed by atoms with E-state index in [1.807, 2.05) is 36.4 Å². The number of methoxy groups -OCH3 is 1. The largest absolute Gasteiger partial charge is 0.497 e. The van der Waals surface area contributed by atoms with Crippen molar-refractivity contribution in [2.24, 2.45) is 0 Å². The van der Waals surface area contributed by atoms with Gasteiger partial charge in [-0.25, -0.2) is 4.98 Å². The van der Waals surface area contributed by atoms with Crippen molar-refractivity contribution in [2.75, 3.05) is 7.11 Å². The second kappa shape index (κ2) is 6.74. The SMILES string of the molecule is COc1ccc(-c2ccc(-c3nc4cc([N+](=O)[O-])c([N+](=O)[O-])cc4[nH]3)s2)cc1. The van der Waals surface area contributed by atoms with E-state index in [1.165, 1.54) is 11.3 Å². The first-order chi connectivity index (χ1) is 13.5. The van der Waals surface area contributed by atoms with Crippen molar-refractivity contribution >= 4 is 33.7 Å². The number of rotatable bonds is 5. The van der Waals surface area contributed by atoms with Gasteiger partial charge in [0.15, 0.2) is 0 Å². The standard InChI is InChI=1S/C18H12N4O5S/c1-27-11-4-2-10(3-5-11)16-6-7-17(28-16)18-19-12-8-14(21(23)24)15(22(25)26)9-13(12)20-18/h2-9H,1H3,(H,19,20). The maximum absolute atomic E-state index is 11.1. The van der Waals surface area contributed by atoms with Gasteiger partial charge in [0.1, 0.15) is 11.6 Å². The topological polar surface area (TPSA) is 124 Å². The van der Waals surface area contributed by atoms with Gasteiger partial charge in [-0.2, -0.15) is 0 Å². The number of nitrogens with zero attached hydrogens (tertiary/aromatic N) is 3. The molecule has 4 aromatic rings. The van der Waals surface area contributed by atoms with E-state index in [-0.39, 0.29) is 0 Å². The molecule has 0 amide bonds. The Morgan fingerprint density at radius 2 is 1.61 bits per heavy atom. The smallest absolute Gasteiger partial charge is 0.348 e. The number of fused-ring (bicyclic) bond motifs is 1. The number of H-pyrrole nitrogens is 1. The van der Waals surface area contributed by atoms with Gasteiger partial charge in [0.05, 0.1) is 38.9 Å². The highest BCUT2D eigenvalue weighted by Gasteiger charge is 2.26.